The van der Waals surface area contributed by atoms with Crippen molar-refractivity contribution in [3.05, 3.63) is 144 Å². The monoisotopic (exact) mass is 614 g/mol. The average molecular weight is 615 g/mol. The van der Waals surface area contributed by atoms with Gasteiger partial charge in [-0.1, -0.05) is 79.7 Å². The number of nitrogens with zero attached hydrogens (tertiary/aromatic N) is 5. The first-order chi connectivity index (χ1) is 22.3. The minimum absolute atomic E-state index is 0.0507. The first kappa shape index (κ1) is 31.6. The average Bonchev–Trinajstić information content (AvgIpc) is 3.52. The van der Waals surface area contributed by atoms with E-state index >= 15 is 0 Å². The fourth-order valence-electron chi connectivity index (χ4n) is 5.72. The van der Waals surface area contributed by atoms with E-state index in [1.807, 2.05) is 98.8 Å². The minimum atomic E-state index is -0.379. The lowest BCUT2D eigenvalue weighted by atomic mass is 9.93. The molecule has 2 aromatic carbocycles. The van der Waals surface area contributed by atoms with Crippen LogP contribution in [0.15, 0.2) is 127 Å². The van der Waals surface area contributed by atoms with Crippen molar-refractivity contribution in [3.8, 4) is 0 Å². The number of carbonyl (C=O) groups excluding carboxylic acids is 4. The number of benzene rings is 2. The highest BCUT2D eigenvalue weighted by Gasteiger charge is 2.75. The summed E-state index contributed by atoms with van der Waals surface area (Å²) in [5, 5.41) is 3.54. The summed E-state index contributed by atoms with van der Waals surface area (Å²) >= 11 is 0. The van der Waals surface area contributed by atoms with E-state index < -0.39 is 0 Å². The summed E-state index contributed by atoms with van der Waals surface area (Å²) in [6.07, 6.45) is 9.51. The zero-order chi connectivity index (χ0) is 32.7. The SMILES string of the molecule is C/C(=N\N)c1cccnc1.CC1(c2cccnc2)C2C(=O)N(Cc3ccccc3)C(=O)C21.O=C1C=CC(=O)N1Cc1ccccc1. The maximum Gasteiger partial charge on any atom is 0.253 e. The second-order valence-corrected chi connectivity index (χ2v) is 11.3. The molecule has 2 N–H and O–H groups in total. The maximum absolute atomic E-state index is 12.6. The molecule has 2 aliphatic heterocycles. The van der Waals surface area contributed by atoms with Crippen molar-refractivity contribution in [1.29, 1.82) is 0 Å². The third-order valence-electron chi connectivity index (χ3n) is 8.40. The Hall–Kier alpha value is -5.77. The molecule has 2 atom stereocenters. The zero-order valence-corrected chi connectivity index (χ0v) is 25.6. The largest absolute Gasteiger partial charge is 0.323 e. The van der Waals surface area contributed by atoms with E-state index in [1.54, 1.807) is 24.8 Å². The van der Waals surface area contributed by atoms with Gasteiger partial charge in [-0.3, -0.25) is 38.9 Å². The van der Waals surface area contributed by atoms with Crippen LogP contribution in [0.2, 0.25) is 0 Å². The molecule has 0 spiro atoms. The molecule has 232 valence electrons. The van der Waals surface area contributed by atoms with Crippen LogP contribution in [0.4, 0.5) is 0 Å². The fraction of sp³-hybridized carbons (Fsp3) is 0.194. The van der Waals surface area contributed by atoms with Crippen molar-refractivity contribution in [2.24, 2.45) is 22.8 Å². The van der Waals surface area contributed by atoms with Crippen LogP contribution >= 0.6 is 0 Å². The molecule has 1 aliphatic carbocycles. The lowest BCUT2D eigenvalue weighted by molar-refractivity contribution is -0.143. The van der Waals surface area contributed by atoms with Crippen LogP contribution in [-0.2, 0) is 37.7 Å². The molecular formula is C36H34N6O4. The Bertz CT molecular complexity index is 1720. The highest BCUT2D eigenvalue weighted by Crippen LogP contribution is 2.64. The highest BCUT2D eigenvalue weighted by molar-refractivity contribution is 6.13. The minimum Gasteiger partial charge on any atom is -0.323 e. The predicted octanol–water partition coefficient (Wildman–Crippen LogP) is 4.03. The number of rotatable bonds is 6. The number of pyridine rings is 2. The summed E-state index contributed by atoms with van der Waals surface area (Å²) in [6.45, 7) is 4.56. The molecule has 2 fully saturated rings. The number of piperidine rings is 1. The third kappa shape index (κ3) is 6.66. The van der Waals surface area contributed by atoms with Crippen molar-refractivity contribution in [3.63, 3.8) is 0 Å². The van der Waals surface area contributed by atoms with Crippen molar-refractivity contribution in [2.75, 3.05) is 0 Å². The van der Waals surface area contributed by atoms with Gasteiger partial charge in [-0.15, -0.1) is 0 Å². The van der Waals surface area contributed by atoms with Crippen molar-refractivity contribution < 1.29 is 19.2 Å². The van der Waals surface area contributed by atoms with Crippen LogP contribution in [-0.4, -0.2) is 49.1 Å². The molecule has 1 saturated heterocycles. The molecular weight excluding hydrogens is 580 g/mol. The van der Waals surface area contributed by atoms with Crippen molar-refractivity contribution in [1.82, 2.24) is 19.8 Å². The number of amides is 4. The first-order valence-electron chi connectivity index (χ1n) is 14.8. The van der Waals surface area contributed by atoms with Gasteiger partial charge in [0.2, 0.25) is 11.8 Å². The quantitative estimate of drug-likeness (QED) is 0.150. The number of imide groups is 2. The van der Waals surface area contributed by atoms with E-state index in [4.69, 9.17) is 5.84 Å². The maximum atomic E-state index is 12.6. The molecule has 0 radical (unpaired) electrons. The van der Waals surface area contributed by atoms with Crippen LogP contribution in [0.5, 0.6) is 0 Å². The van der Waals surface area contributed by atoms with E-state index in [9.17, 15) is 19.2 Å². The number of hydrazone groups is 1. The summed E-state index contributed by atoms with van der Waals surface area (Å²) in [4.78, 5) is 58.3. The molecule has 2 unspecified atom stereocenters. The second kappa shape index (κ2) is 13.9. The summed E-state index contributed by atoms with van der Waals surface area (Å²) in [5.41, 5.74) is 4.30. The van der Waals surface area contributed by atoms with Crippen molar-refractivity contribution in [2.45, 2.75) is 32.4 Å². The number of hydrogen-bond donors (Lipinski definition) is 1. The Morgan fingerprint density at radius 1 is 0.717 bits per heavy atom. The van der Waals surface area contributed by atoms with Gasteiger partial charge in [0.05, 0.1) is 30.6 Å². The summed E-state index contributed by atoms with van der Waals surface area (Å²) in [5.74, 6) is 4.03. The summed E-state index contributed by atoms with van der Waals surface area (Å²) in [7, 11) is 0. The highest BCUT2D eigenvalue weighted by atomic mass is 16.2. The zero-order valence-electron chi connectivity index (χ0n) is 25.6. The summed E-state index contributed by atoms with van der Waals surface area (Å²) in [6, 6.07) is 26.6. The molecule has 4 amide bonds. The van der Waals surface area contributed by atoms with Gasteiger partial charge in [0.15, 0.2) is 0 Å². The van der Waals surface area contributed by atoms with Crippen LogP contribution in [0.25, 0.3) is 0 Å². The molecule has 4 heterocycles. The van der Waals surface area contributed by atoms with E-state index in [0.717, 1.165) is 28.0 Å². The Kier molecular flexibility index (Phi) is 9.56. The van der Waals surface area contributed by atoms with Gasteiger partial charge in [0.25, 0.3) is 11.8 Å². The Labute approximate surface area is 267 Å². The van der Waals surface area contributed by atoms with E-state index in [1.165, 1.54) is 22.0 Å². The molecule has 2 aromatic heterocycles. The molecule has 1 saturated carbocycles. The van der Waals surface area contributed by atoms with E-state index in [0.29, 0.717) is 13.1 Å². The number of carbonyl (C=O) groups is 4. The second-order valence-electron chi connectivity index (χ2n) is 11.3. The normalized spacial score (nSPS) is 21.3. The lowest BCUT2D eigenvalue weighted by Gasteiger charge is -2.23. The molecule has 7 rings (SSSR count). The Morgan fingerprint density at radius 2 is 1.22 bits per heavy atom. The standard InChI is InChI=1S/C18H16N2O2.C11H9NO2.C7H9N3/c1-18(13-8-5-9-19-10-13)14-15(18)17(22)20(16(14)21)11-12-6-3-2-4-7-12;13-10-6-7-11(14)12(10)8-9-4-2-1-3-5-9;1-6(10-8)7-3-2-4-9-5-7/h2-10,14-15H,11H2,1H3;1-7H,8H2;2-5H,8H2,1H3/b;;10-6+. The summed E-state index contributed by atoms with van der Waals surface area (Å²) < 4.78 is 0. The van der Waals surface area contributed by atoms with E-state index in [2.05, 4.69) is 15.1 Å². The molecule has 4 aromatic rings. The molecule has 3 aliphatic rings. The van der Waals surface area contributed by atoms with E-state index in [-0.39, 0.29) is 40.9 Å². The number of hydrogen-bond acceptors (Lipinski definition) is 8. The van der Waals surface area contributed by atoms with Crippen molar-refractivity contribution >= 4 is 29.3 Å². The van der Waals surface area contributed by atoms with Crippen LogP contribution < -0.4 is 5.84 Å². The molecule has 46 heavy (non-hydrogen) atoms. The van der Waals surface area contributed by atoms with Crippen LogP contribution in [0.3, 0.4) is 0 Å². The number of nitrogens with two attached hydrogens (primary N) is 1. The van der Waals surface area contributed by atoms with Gasteiger partial charge in [0.1, 0.15) is 0 Å². The van der Waals surface area contributed by atoms with Gasteiger partial charge in [-0.2, -0.15) is 5.10 Å². The Morgan fingerprint density at radius 3 is 1.67 bits per heavy atom. The first-order valence-corrected chi connectivity index (χ1v) is 14.8. The van der Waals surface area contributed by atoms with Gasteiger partial charge < -0.3 is 5.84 Å². The van der Waals surface area contributed by atoms with Crippen LogP contribution in [0.1, 0.15) is 36.1 Å². The smallest absolute Gasteiger partial charge is 0.253 e. The molecule has 10 heteroatoms. The number of fused-ring (bicyclic) bond motifs is 1. The van der Waals surface area contributed by atoms with Gasteiger partial charge in [0, 0.05) is 47.9 Å². The third-order valence-corrected chi connectivity index (χ3v) is 8.40. The topological polar surface area (TPSA) is 139 Å². The number of likely N-dealkylation sites (tertiary alicyclic amines) is 1. The van der Waals surface area contributed by atoms with Crippen LogP contribution in [0, 0.1) is 11.8 Å². The van der Waals surface area contributed by atoms with Gasteiger partial charge in [-0.05, 0) is 35.7 Å². The molecule has 0 bridgehead atoms. The lowest BCUT2D eigenvalue weighted by Crippen LogP contribution is -2.37. The predicted molar refractivity (Wildman–Crippen MR) is 172 cm³/mol. The fourth-order valence-corrected chi connectivity index (χ4v) is 5.72. The number of aromatic nitrogens is 2. The van der Waals surface area contributed by atoms with Gasteiger partial charge >= 0.3 is 0 Å². The van der Waals surface area contributed by atoms with Gasteiger partial charge in [-0.25, -0.2) is 0 Å². The molecule has 10 nitrogen and oxygen atoms in total. The Balaban J connectivity index is 0.000000149.